The third kappa shape index (κ3) is 2.84. The van der Waals surface area contributed by atoms with Crippen LogP contribution >= 0.6 is 0 Å². The van der Waals surface area contributed by atoms with E-state index in [1.165, 1.54) is 18.3 Å². The lowest BCUT2D eigenvalue weighted by Crippen LogP contribution is -2.42. The summed E-state index contributed by atoms with van der Waals surface area (Å²) in [5.41, 5.74) is 0.648. The van der Waals surface area contributed by atoms with Crippen molar-refractivity contribution in [1.29, 1.82) is 0 Å². The number of hydrogen-bond acceptors (Lipinski definition) is 5. The molecule has 24 heavy (non-hydrogen) atoms. The Morgan fingerprint density at radius 1 is 0.833 bits per heavy atom. The van der Waals surface area contributed by atoms with Gasteiger partial charge in [0.1, 0.15) is 5.92 Å². The van der Waals surface area contributed by atoms with Gasteiger partial charge >= 0.3 is 0 Å². The van der Waals surface area contributed by atoms with Crippen LogP contribution in [0.2, 0.25) is 0 Å². The third-order valence-corrected chi connectivity index (χ3v) is 3.83. The molecule has 1 aromatic carbocycles. The van der Waals surface area contributed by atoms with Gasteiger partial charge in [0.2, 0.25) is 23.1 Å². The van der Waals surface area contributed by atoms with Gasteiger partial charge in [-0.3, -0.25) is 24.2 Å². The smallest absolute Gasteiger partial charge is 0.233 e. The lowest BCUT2D eigenvalue weighted by Gasteiger charge is -2.18. The first kappa shape index (κ1) is 15.7. The molecule has 2 aromatic rings. The molecule has 0 atom stereocenters. The molecular formula is C19H13NO4. The van der Waals surface area contributed by atoms with E-state index in [1.54, 1.807) is 12.1 Å². The van der Waals surface area contributed by atoms with Crippen molar-refractivity contribution in [3.63, 3.8) is 0 Å². The van der Waals surface area contributed by atoms with Crippen LogP contribution < -0.4 is 0 Å². The van der Waals surface area contributed by atoms with Crippen LogP contribution in [0.4, 0.5) is 0 Å². The molecule has 5 heteroatoms. The van der Waals surface area contributed by atoms with Crippen molar-refractivity contribution in [2.75, 3.05) is 0 Å². The molecule has 0 spiro atoms. The Kier molecular flexibility index (Phi) is 4.24. The molecule has 1 aliphatic carbocycles. The van der Waals surface area contributed by atoms with Crippen molar-refractivity contribution in [1.82, 2.24) is 4.98 Å². The Morgan fingerprint density at radius 2 is 1.46 bits per heavy atom. The fraction of sp³-hybridized carbons (Fsp3) is 0.105. The second-order valence-corrected chi connectivity index (χ2v) is 5.38. The van der Waals surface area contributed by atoms with Crippen LogP contribution in [-0.4, -0.2) is 28.1 Å². The van der Waals surface area contributed by atoms with Gasteiger partial charge in [-0.05, 0) is 24.1 Å². The zero-order chi connectivity index (χ0) is 17.1. The number of pyridine rings is 1. The quantitative estimate of drug-likeness (QED) is 0.372. The maximum Gasteiger partial charge on any atom is 0.233 e. The predicted octanol–water partition coefficient (Wildman–Crippen LogP) is 1.62. The Hall–Kier alpha value is -3.21. The van der Waals surface area contributed by atoms with E-state index in [-0.39, 0.29) is 11.3 Å². The average molecular weight is 319 g/mol. The Bertz CT molecular complexity index is 823. The van der Waals surface area contributed by atoms with E-state index in [1.807, 2.05) is 30.3 Å². The summed E-state index contributed by atoms with van der Waals surface area (Å²) in [6.45, 7) is 0. The number of carbonyl (C=O) groups is 4. The molecule has 1 aliphatic rings. The summed E-state index contributed by atoms with van der Waals surface area (Å²) in [6.07, 6.45) is 3.05. The third-order valence-electron chi connectivity index (χ3n) is 3.83. The summed E-state index contributed by atoms with van der Waals surface area (Å²) < 4.78 is 0. The van der Waals surface area contributed by atoms with Crippen LogP contribution in [0.15, 0.2) is 66.4 Å². The highest BCUT2D eigenvalue weighted by molar-refractivity contribution is 6.69. The van der Waals surface area contributed by atoms with Crippen LogP contribution in [0.3, 0.4) is 0 Å². The summed E-state index contributed by atoms with van der Waals surface area (Å²) in [5, 5.41) is 0. The first-order valence-corrected chi connectivity index (χ1v) is 7.41. The van der Waals surface area contributed by atoms with Gasteiger partial charge in [-0.25, -0.2) is 0 Å². The standard InChI is InChI=1S/C19H13NO4/c21-16-13(10-9-12-6-2-1-3-7-12)17(22)19(24)15(18(16)23)14-8-4-5-11-20-14/h1-8,10-11,15H,9H2. The van der Waals surface area contributed by atoms with Gasteiger partial charge in [0.05, 0.1) is 11.3 Å². The van der Waals surface area contributed by atoms with E-state index in [0.717, 1.165) is 5.56 Å². The second kappa shape index (κ2) is 6.50. The summed E-state index contributed by atoms with van der Waals surface area (Å²) in [4.78, 5) is 53.1. The van der Waals surface area contributed by atoms with Crippen LogP contribution in [0, 0.1) is 0 Å². The van der Waals surface area contributed by atoms with Crippen molar-refractivity contribution in [2.45, 2.75) is 12.3 Å². The number of hydrogen-bond donors (Lipinski definition) is 0. The maximum atomic E-state index is 12.3. The van der Waals surface area contributed by atoms with E-state index in [4.69, 9.17) is 0 Å². The number of benzene rings is 1. The van der Waals surface area contributed by atoms with Gasteiger partial charge < -0.3 is 0 Å². The van der Waals surface area contributed by atoms with Gasteiger partial charge in [-0.1, -0.05) is 42.5 Å². The molecule has 5 nitrogen and oxygen atoms in total. The van der Waals surface area contributed by atoms with Crippen molar-refractivity contribution in [3.05, 3.63) is 77.6 Å². The number of allylic oxidation sites excluding steroid dienone is 2. The molecule has 0 radical (unpaired) electrons. The molecule has 0 aliphatic heterocycles. The SMILES string of the molecule is O=C1C(=O)C(c2ccccn2)C(=O)C(=O)C1=CCc1ccccc1. The number of nitrogens with zero attached hydrogens (tertiary/aromatic N) is 1. The number of carbonyl (C=O) groups excluding carboxylic acids is 4. The molecule has 1 fully saturated rings. The van der Waals surface area contributed by atoms with E-state index >= 15 is 0 Å². The van der Waals surface area contributed by atoms with Crippen LogP contribution in [0.5, 0.6) is 0 Å². The maximum absolute atomic E-state index is 12.3. The van der Waals surface area contributed by atoms with Crippen LogP contribution in [-0.2, 0) is 25.6 Å². The molecule has 0 unspecified atom stereocenters. The van der Waals surface area contributed by atoms with E-state index in [0.29, 0.717) is 6.42 Å². The zero-order valence-electron chi connectivity index (χ0n) is 12.6. The molecular weight excluding hydrogens is 306 g/mol. The summed E-state index contributed by atoms with van der Waals surface area (Å²) in [6, 6.07) is 13.8. The second-order valence-electron chi connectivity index (χ2n) is 5.38. The predicted molar refractivity (Wildman–Crippen MR) is 85.2 cm³/mol. The fourth-order valence-corrected chi connectivity index (χ4v) is 2.58. The topological polar surface area (TPSA) is 81.2 Å². The molecule has 118 valence electrons. The fourth-order valence-electron chi connectivity index (χ4n) is 2.58. The Morgan fingerprint density at radius 3 is 2.04 bits per heavy atom. The molecule has 0 bridgehead atoms. The van der Waals surface area contributed by atoms with E-state index in [2.05, 4.69) is 4.98 Å². The monoisotopic (exact) mass is 319 g/mol. The highest BCUT2D eigenvalue weighted by Gasteiger charge is 2.46. The van der Waals surface area contributed by atoms with Crippen molar-refractivity contribution in [3.8, 4) is 0 Å². The van der Waals surface area contributed by atoms with Crippen LogP contribution in [0.1, 0.15) is 17.2 Å². The molecule has 0 N–H and O–H groups in total. The lowest BCUT2D eigenvalue weighted by atomic mass is 9.79. The first-order chi connectivity index (χ1) is 11.6. The first-order valence-electron chi connectivity index (χ1n) is 7.41. The van der Waals surface area contributed by atoms with Gasteiger partial charge in [-0.2, -0.15) is 0 Å². The van der Waals surface area contributed by atoms with E-state index in [9.17, 15) is 19.2 Å². The van der Waals surface area contributed by atoms with Crippen molar-refractivity contribution < 1.29 is 19.2 Å². The Labute approximate surface area is 138 Å². The minimum absolute atomic E-state index is 0.122. The number of Topliss-reactive ketones (excluding diaryl/α,β-unsaturated/α-hetero) is 4. The zero-order valence-corrected chi connectivity index (χ0v) is 12.6. The number of ketones is 4. The molecule has 1 saturated carbocycles. The molecule has 0 saturated heterocycles. The van der Waals surface area contributed by atoms with E-state index < -0.39 is 29.1 Å². The normalized spacial score (nSPS) is 18.0. The average Bonchev–Trinajstić information content (AvgIpc) is 2.62. The summed E-state index contributed by atoms with van der Waals surface area (Å²) in [7, 11) is 0. The van der Waals surface area contributed by atoms with Gasteiger partial charge in [-0.15, -0.1) is 0 Å². The molecule has 1 heterocycles. The largest absolute Gasteiger partial charge is 0.289 e. The highest BCUT2D eigenvalue weighted by atomic mass is 16.2. The minimum atomic E-state index is -1.43. The minimum Gasteiger partial charge on any atom is -0.289 e. The number of aromatic nitrogens is 1. The number of rotatable bonds is 3. The lowest BCUT2D eigenvalue weighted by molar-refractivity contribution is -0.146. The van der Waals surface area contributed by atoms with Gasteiger partial charge in [0, 0.05) is 6.20 Å². The van der Waals surface area contributed by atoms with Crippen molar-refractivity contribution in [2.24, 2.45) is 0 Å². The summed E-state index contributed by atoms with van der Waals surface area (Å²) in [5.74, 6) is -5.09. The molecule has 3 rings (SSSR count). The molecule has 1 aromatic heterocycles. The van der Waals surface area contributed by atoms with Crippen LogP contribution in [0.25, 0.3) is 0 Å². The highest BCUT2D eigenvalue weighted by Crippen LogP contribution is 2.25. The summed E-state index contributed by atoms with van der Waals surface area (Å²) >= 11 is 0. The van der Waals surface area contributed by atoms with Gasteiger partial charge in [0.15, 0.2) is 0 Å². The Balaban J connectivity index is 1.91. The van der Waals surface area contributed by atoms with Gasteiger partial charge in [0.25, 0.3) is 0 Å². The van der Waals surface area contributed by atoms with Crippen molar-refractivity contribution >= 4 is 23.1 Å². The molecule has 0 amide bonds.